The molecular weight excluding hydrogens is 703 g/mol. The van der Waals surface area contributed by atoms with Gasteiger partial charge in [0.1, 0.15) is 29.7 Å². The molecule has 16 nitrogen and oxygen atoms in total. The summed E-state index contributed by atoms with van der Waals surface area (Å²) in [6.45, 7) is 7.83. The number of benzene rings is 1. The molecule has 4 aromatic rings. The number of nitrogens with zero attached hydrogens (tertiary/aromatic N) is 9. The molecule has 1 unspecified atom stereocenters. The van der Waals surface area contributed by atoms with Crippen LogP contribution >= 0.6 is 0 Å². The molecule has 4 aliphatic rings. The Kier molecular flexibility index (Phi) is 9.59. The predicted molar refractivity (Wildman–Crippen MR) is 202 cm³/mol. The van der Waals surface area contributed by atoms with E-state index in [9.17, 15) is 24.0 Å². The van der Waals surface area contributed by atoms with Crippen LogP contribution in [0.5, 0.6) is 0 Å². The second kappa shape index (κ2) is 14.7. The van der Waals surface area contributed by atoms with Gasteiger partial charge in [0, 0.05) is 49.9 Å². The summed E-state index contributed by atoms with van der Waals surface area (Å²) in [5.41, 5.74) is 4.00. The van der Waals surface area contributed by atoms with Gasteiger partial charge in [-0.1, -0.05) is 12.1 Å². The average molecular weight is 746 g/mol. The van der Waals surface area contributed by atoms with Crippen LogP contribution in [0.4, 0.5) is 17.3 Å². The molecule has 0 aliphatic carbocycles. The first kappa shape index (κ1) is 36.0. The second-order valence-corrected chi connectivity index (χ2v) is 14.5. The van der Waals surface area contributed by atoms with E-state index in [0.717, 1.165) is 41.4 Å². The Balaban J connectivity index is 0.964. The quantitative estimate of drug-likeness (QED) is 0.160. The Morgan fingerprint density at radius 3 is 2.58 bits per heavy atom. The molecule has 4 aliphatic heterocycles. The maximum Gasteiger partial charge on any atom is 0.264 e. The number of piperidine rings is 1. The summed E-state index contributed by atoms with van der Waals surface area (Å²) in [6.07, 6.45) is 4.67. The van der Waals surface area contributed by atoms with Gasteiger partial charge in [-0.25, -0.2) is 9.97 Å². The number of hydrogen-bond acceptors (Lipinski definition) is 12. The van der Waals surface area contributed by atoms with Crippen LogP contribution in [0, 0.1) is 0 Å². The van der Waals surface area contributed by atoms with Crippen LogP contribution in [0.25, 0.3) is 11.5 Å². The van der Waals surface area contributed by atoms with Crippen LogP contribution in [-0.4, -0.2) is 103 Å². The standard InChI is InChI=1S/C39H43N11O5/c1-4-47-22-41-45-35(47)28-12-6-13-31(42-28)49-20-26-25(37(49)53)19-32(48-18-7-9-23(48)2)43-29(26)21-46(3)17-8-16-40-27-11-5-10-24-34(27)39(55)50(38(24)54)30-14-15-33(51)44-36(30)52/h5-6,10-13,19,22-23,30,40H,4,7-9,14-18,20-21H2,1-3H3,(H,44,51,52)/t23-,30?/m1/s1. The van der Waals surface area contributed by atoms with Crippen molar-refractivity contribution < 1.29 is 24.0 Å². The minimum absolute atomic E-state index is 0.0623. The molecule has 0 radical (unpaired) electrons. The molecule has 2 N–H and O–H groups in total. The third kappa shape index (κ3) is 6.60. The summed E-state index contributed by atoms with van der Waals surface area (Å²) in [5.74, 6) is -0.252. The van der Waals surface area contributed by atoms with Crippen molar-refractivity contribution in [3.63, 3.8) is 0 Å². The molecule has 0 bridgehead atoms. The molecular formula is C39H43N11O5. The van der Waals surface area contributed by atoms with Gasteiger partial charge in [-0.15, -0.1) is 10.2 Å². The van der Waals surface area contributed by atoms with Crippen molar-refractivity contribution in [1.29, 1.82) is 0 Å². The van der Waals surface area contributed by atoms with Gasteiger partial charge in [-0.3, -0.25) is 39.1 Å². The fourth-order valence-corrected chi connectivity index (χ4v) is 8.04. The van der Waals surface area contributed by atoms with Crippen LogP contribution < -0.4 is 20.4 Å². The molecule has 0 spiro atoms. The van der Waals surface area contributed by atoms with E-state index < -0.39 is 29.7 Å². The smallest absolute Gasteiger partial charge is 0.264 e. The molecule has 1 aromatic carbocycles. The Morgan fingerprint density at radius 1 is 0.964 bits per heavy atom. The van der Waals surface area contributed by atoms with Gasteiger partial charge in [-0.05, 0) is 83.5 Å². The van der Waals surface area contributed by atoms with Crippen molar-refractivity contribution in [2.75, 3.05) is 41.8 Å². The Hall–Kier alpha value is -6.03. The number of aromatic nitrogens is 5. The first-order valence-corrected chi connectivity index (χ1v) is 18.9. The largest absolute Gasteiger partial charge is 0.384 e. The van der Waals surface area contributed by atoms with E-state index in [1.54, 1.807) is 29.4 Å². The Morgan fingerprint density at radius 2 is 1.80 bits per heavy atom. The predicted octanol–water partition coefficient (Wildman–Crippen LogP) is 3.24. The highest BCUT2D eigenvalue weighted by Crippen LogP contribution is 2.35. The number of fused-ring (bicyclic) bond motifs is 2. The SMILES string of the molecule is CCn1cnnc1-c1cccc(N2Cc3c(cc(N4CCC[C@H]4C)nc3CN(C)CCCNc3cccc4c3C(=O)N(C3CCC(=O)NC3=O)C4=O)C2=O)n1. The van der Waals surface area contributed by atoms with Crippen LogP contribution in [0.3, 0.4) is 0 Å². The number of imide groups is 2. The molecule has 8 rings (SSSR count). The van der Waals surface area contributed by atoms with E-state index in [1.807, 2.05) is 42.8 Å². The Bertz CT molecular complexity index is 2220. The zero-order valence-corrected chi connectivity index (χ0v) is 31.1. The zero-order valence-electron chi connectivity index (χ0n) is 31.1. The van der Waals surface area contributed by atoms with Crippen molar-refractivity contribution in [2.45, 2.75) is 77.7 Å². The maximum atomic E-state index is 14.1. The number of aryl methyl sites for hydroxylation is 1. The van der Waals surface area contributed by atoms with Crippen molar-refractivity contribution in [2.24, 2.45) is 0 Å². The number of carbonyl (C=O) groups is 5. The fraction of sp³-hybridized carbons (Fsp3) is 0.410. The molecule has 2 fully saturated rings. The molecule has 284 valence electrons. The summed E-state index contributed by atoms with van der Waals surface area (Å²) in [4.78, 5) is 82.2. The number of rotatable bonds is 12. The van der Waals surface area contributed by atoms with Crippen molar-refractivity contribution >= 4 is 46.9 Å². The Labute approximate surface area is 317 Å². The lowest BCUT2D eigenvalue weighted by atomic mass is 10.0. The normalized spacial score (nSPS) is 19.5. The van der Waals surface area contributed by atoms with Crippen LogP contribution in [0.1, 0.15) is 88.3 Å². The lowest BCUT2D eigenvalue weighted by Crippen LogP contribution is -2.54. The highest BCUT2D eigenvalue weighted by Gasteiger charge is 2.45. The van der Waals surface area contributed by atoms with Crippen LogP contribution in [-0.2, 0) is 29.2 Å². The van der Waals surface area contributed by atoms with E-state index in [4.69, 9.17) is 9.97 Å². The third-order valence-corrected chi connectivity index (χ3v) is 11.0. The van der Waals surface area contributed by atoms with Crippen LogP contribution in [0.15, 0.2) is 48.8 Å². The van der Waals surface area contributed by atoms with Gasteiger partial charge in [0.25, 0.3) is 17.7 Å². The summed E-state index contributed by atoms with van der Waals surface area (Å²) in [5, 5.41) is 13.9. The van der Waals surface area contributed by atoms with Gasteiger partial charge in [0.15, 0.2) is 5.82 Å². The number of amides is 5. The number of hydrogen-bond donors (Lipinski definition) is 2. The first-order chi connectivity index (χ1) is 26.6. The minimum atomic E-state index is -1.02. The topological polar surface area (TPSA) is 179 Å². The van der Waals surface area contributed by atoms with Crippen molar-refractivity contribution in [1.82, 2.24) is 39.8 Å². The number of anilines is 3. The van der Waals surface area contributed by atoms with Crippen LogP contribution in [0.2, 0.25) is 0 Å². The number of nitrogens with one attached hydrogen (secondary N) is 2. The van der Waals surface area contributed by atoms with E-state index >= 15 is 0 Å². The molecule has 7 heterocycles. The van der Waals surface area contributed by atoms with Gasteiger partial charge in [0.05, 0.1) is 28.9 Å². The van der Waals surface area contributed by atoms with E-state index in [-0.39, 0.29) is 29.9 Å². The van der Waals surface area contributed by atoms with E-state index in [1.165, 1.54) is 0 Å². The zero-order chi connectivity index (χ0) is 38.4. The second-order valence-electron chi connectivity index (χ2n) is 14.5. The van der Waals surface area contributed by atoms with E-state index in [2.05, 4.69) is 37.6 Å². The lowest BCUT2D eigenvalue weighted by Gasteiger charge is -2.27. The molecule has 5 amide bonds. The number of carbonyl (C=O) groups excluding carboxylic acids is 5. The monoisotopic (exact) mass is 745 g/mol. The number of pyridine rings is 2. The first-order valence-electron chi connectivity index (χ1n) is 18.9. The maximum absolute atomic E-state index is 14.1. The third-order valence-electron chi connectivity index (χ3n) is 11.0. The summed E-state index contributed by atoms with van der Waals surface area (Å²) in [6, 6.07) is 11.9. The molecule has 16 heteroatoms. The molecule has 2 atom stereocenters. The van der Waals surface area contributed by atoms with E-state index in [0.29, 0.717) is 73.8 Å². The van der Waals surface area contributed by atoms with Gasteiger partial charge >= 0.3 is 0 Å². The van der Waals surface area contributed by atoms with Gasteiger partial charge in [0.2, 0.25) is 11.8 Å². The average Bonchev–Trinajstić information content (AvgIpc) is 3.96. The van der Waals surface area contributed by atoms with Crippen molar-refractivity contribution in [3.8, 4) is 11.5 Å². The summed E-state index contributed by atoms with van der Waals surface area (Å²) >= 11 is 0. The fourth-order valence-electron chi connectivity index (χ4n) is 8.04. The van der Waals surface area contributed by atoms with Gasteiger partial charge in [-0.2, -0.15) is 0 Å². The summed E-state index contributed by atoms with van der Waals surface area (Å²) < 4.78 is 1.91. The minimum Gasteiger partial charge on any atom is -0.384 e. The molecule has 55 heavy (non-hydrogen) atoms. The molecule has 2 saturated heterocycles. The highest BCUT2D eigenvalue weighted by molar-refractivity contribution is 6.25. The molecule has 0 saturated carbocycles. The van der Waals surface area contributed by atoms with Crippen molar-refractivity contribution in [3.05, 3.63) is 76.7 Å². The lowest BCUT2D eigenvalue weighted by molar-refractivity contribution is -0.136. The molecule has 3 aromatic heterocycles. The van der Waals surface area contributed by atoms with Gasteiger partial charge < -0.3 is 19.7 Å². The highest BCUT2D eigenvalue weighted by atomic mass is 16.2. The summed E-state index contributed by atoms with van der Waals surface area (Å²) in [7, 11) is 2.02.